The lowest BCUT2D eigenvalue weighted by Crippen LogP contribution is -2.37. The number of aryl methyl sites for hydroxylation is 1. The van der Waals surface area contributed by atoms with Gasteiger partial charge in [0.05, 0.1) is 12.2 Å². The fraction of sp³-hybridized carbons (Fsp3) is 0.333. The molecule has 0 radical (unpaired) electrons. The van der Waals surface area contributed by atoms with Crippen LogP contribution in [0.1, 0.15) is 16.8 Å². The molecular formula is C15H17N3OS. The van der Waals surface area contributed by atoms with Gasteiger partial charge in [-0.3, -0.25) is 9.69 Å². The third-order valence-corrected chi connectivity index (χ3v) is 4.32. The van der Waals surface area contributed by atoms with Gasteiger partial charge in [0.15, 0.2) is 5.13 Å². The molecule has 0 bridgehead atoms. The molecule has 20 heavy (non-hydrogen) atoms. The van der Waals surface area contributed by atoms with Crippen LogP contribution in [0.4, 0.5) is 5.13 Å². The van der Waals surface area contributed by atoms with Gasteiger partial charge in [-0.15, -0.1) is 11.3 Å². The number of nitrogens with zero attached hydrogens (tertiary/aromatic N) is 2. The van der Waals surface area contributed by atoms with Crippen LogP contribution < -0.4 is 5.32 Å². The predicted molar refractivity (Wildman–Crippen MR) is 80.9 cm³/mol. The van der Waals surface area contributed by atoms with Crippen LogP contribution in [0, 0.1) is 6.92 Å². The van der Waals surface area contributed by atoms with Gasteiger partial charge in [0.1, 0.15) is 0 Å². The average Bonchev–Trinajstić information content (AvgIpc) is 2.83. The van der Waals surface area contributed by atoms with Gasteiger partial charge in [0.25, 0.3) is 0 Å². The maximum atomic E-state index is 12.0. The molecule has 4 nitrogen and oxygen atoms in total. The molecule has 104 valence electrons. The summed E-state index contributed by atoms with van der Waals surface area (Å²) in [7, 11) is 0. The van der Waals surface area contributed by atoms with Crippen molar-refractivity contribution in [1.82, 2.24) is 9.88 Å². The van der Waals surface area contributed by atoms with Crippen LogP contribution in [0.15, 0.2) is 29.6 Å². The Morgan fingerprint density at radius 1 is 1.40 bits per heavy atom. The fourth-order valence-electron chi connectivity index (χ4n) is 2.46. The summed E-state index contributed by atoms with van der Waals surface area (Å²) in [6.45, 7) is 4.13. The Labute approximate surface area is 122 Å². The number of amides is 1. The predicted octanol–water partition coefficient (Wildman–Crippen LogP) is 2.45. The van der Waals surface area contributed by atoms with Gasteiger partial charge in [-0.05, 0) is 24.5 Å². The van der Waals surface area contributed by atoms with Crippen LogP contribution in [0.25, 0.3) is 0 Å². The highest BCUT2D eigenvalue weighted by molar-refractivity contribution is 7.13. The molecule has 1 aliphatic rings. The van der Waals surface area contributed by atoms with Gasteiger partial charge in [0, 0.05) is 18.5 Å². The lowest BCUT2D eigenvalue weighted by molar-refractivity contribution is -0.117. The summed E-state index contributed by atoms with van der Waals surface area (Å²) in [5, 5.41) is 5.48. The van der Waals surface area contributed by atoms with Crippen molar-refractivity contribution in [3.63, 3.8) is 0 Å². The number of rotatable bonds is 3. The lowest BCUT2D eigenvalue weighted by atomic mass is 10.00. The van der Waals surface area contributed by atoms with Crippen LogP contribution in [0.3, 0.4) is 0 Å². The Balaban J connectivity index is 1.58. The summed E-state index contributed by atoms with van der Waals surface area (Å²) >= 11 is 1.47. The Kier molecular flexibility index (Phi) is 3.80. The molecule has 0 saturated heterocycles. The normalized spacial score (nSPS) is 14.8. The summed E-state index contributed by atoms with van der Waals surface area (Å²) in [5.41, 5.74) is 3.67. The van der Waals surface area contributed by atoms with Crippen molar-refractivity contribution in [3.05, 3.63) is 46.5 Å². The summed E-state index contributed by atoms with van der Waals surface area (Å²) < 4.78 is 0. The van der Waals surface area contributed by atoms with Gasteiger partial charge >= 0.3 is 0 Å². The third-order valence-electron chi connectivity index (χ3n) is 3.44. The van der Waals surface area contributed by atoms with E-state index in [1.54, 1.807) is 0 Å². The van der Waals surface area contributed by atoms with Crippen LogP contribution in [0.5, 0.6) is 0 Å². The number of anilines is 1. The Bertz CT molecular complexity index is 623. The largest absolute Gasteiger partial charge is 0.301 e. The molecular weight excluding hydrogens is 270 g/mol. The molecule has 2 aromatic rings. The van der Waals surface area contributed by atoms with Crippen LogP contribution in [-0.4, -0.2) is 28.9 Å². The molecule has 1 amide bonds. The standard InChI is InChI=1S/C15H17N3OS/c1-11-10-20-15(16-11)17-14(19)9-18-7-6-12-4-2-3-5-13(12)8-18/h2-5,10H,6-9H2,1H3,(H,16,17,19). The minimum atomic E-state index is 0.0127. The Hall–Kier alpha value is -1.72. The van der Waals surface area contributed by atoms with Crippen molar-refractivity contribution < 1.29 is 4.79 Å². The lowest BCUT2D eigenvalue weighted by Gasteiger charge is -2.27. The van der Waals surface area contributed by atoms with Crippen LogP contribution in [0.2, 0.25) is 0 Å². The molecule has 2 heterocycles. The Morgan fingerprint density at radius 2 is 2.20 bits per heavy atom. The topological polar surface area (TPSA) is 45.2 Å². The summed E-state index contributed by atoms with van der Waals surface area (Å²) in [6, 6.07) is 8.45. The van der Waals surface area contributed by atoms with E-state index in [-0.39, 0.29) is 5.91 Å². The minimum absolute atomic E-state index is 0.0127. The zero-order valence-corrected chi connectivity index (χ0v) is 12.2. The quantitative estimate of drug-likeness (QED) is 0.943. The number of carbonyl (C=O) groups excluding carboxylic acids is 1. The first kappa shape index (κ1) is 13.3. The van der Waals surface area contributed by atoms with Crippen molar-refractivity contribution in [3.8, 4) is 0 Å². The third kappa shape index (κ3) is 3.05. The molecule has 0 aliphatic carbocycles. The monoisotopic (exact) mass is 287 g/mol. The van der Waals surface area contributed by atoms with E-state index in [2.05, 4.69) is 39.5 Å². The number of thiazole rings is 1. The van der Waals surface area contributed by atoms with Gasteiger partial charge in [-0.1, -0.05) is 24.3 Å². The zero-order valence-electron chi connectivity index (χ0n) is 11.4. The Morgan fingerprint density at radius 3 is 2.95 bits per heavy atom. The first-order valence-corrected chi connectivity index (χ1v) is 7.60. The fourth-order valence-corrected chi connectivity index (χ4v) is 3.17. The number of benzene rings is 1. The molecule has 1 aromatic heterocycles. The van der Waals surface area contributed by atoms with E-state index < -0.39 is 0 Å². The van der Waals surface area contributed by atoms with E-state index in [1.165, 1.54) is 22.5 Å². The highest BCUT2D eigenvalue weighted by Gasteiger charge is 2.18. The summed E-state index contributed by atoms with van der Waals surface area (Å²) in [5.74, 6) is 0.0127. The molecule has 0 fully saturated rings. The smallest absolute Gasteiger partial charge is 0.240 e. The van der Waals surface area contributed by atoms with E-state index in [0.717, 1.165) is 25.2 Å². The van der Waals surface area contributed by atoms with E-state index >= 15 is 0 Å². The second-order valence-corrected chi connectivity index (χ2v) is 5.93. The number of carbonyl (C=O) groups is 1. The summed E-state index contributed by atoms with van der Waals surface area (Å²) in [6.07, 6.45) is 1.01. The van der Waals surface area contributed by atoms with Gasteiger partial charge < -0.3 is 5.32 Å². The van der Waals surface area contributed by atoms with Crippen molar-refractivity contribution >= 4 is 22.4 Å². The number of hydrogen-bond donors (Lipinski definition) is 1. The zero-order chi connectivity index (χ0) is 13.9. The van der Waals surface area contributed by atoms with Crippen molar-refractivity contribution in [2.75, 3.05) is 18.4 Å². The first-order valence-electron chi connectivity index (χ1n) is 6.72. The number of fused-ring (bicyclic) bond motifs is 1. The molecule has 5 heteroatoms. The number of hydrogen-bond acceptors (Lipinski definition) is 4. The van der Waals surface area contributed by atoms with E-state index in [0.29, 0.717) is 11.7 Å². The molecule has 0 spiro atoms. The minimum Gasteiger partial charge on any atom is -0.301 e. The second kappa shape index (κ2) is 5.73. The van der Waals surface area contributed by atoms with E-state index in [9.17, 15) is 4.79 Å². The van der Waals surface area contributed by atoms with Crippen LogP contribution >= 0.6 is 11.3 Å². The molecule has 1 aliphatic heterocycles. The average molecular weight is 287 g/mol. The van der Waals surface area contributed by atoms with Crippen molar-refractivity contribution in [1.29, 1.82) is 0 Å². The summed E-state index contributed by atoms with van der Waals surface area (Å²) in [4.78, 5) is 18.4. The number of aromatic nitrogens is 1. The van der Waals surface area contributed by atoms with Crippen molar-refractivity contribution in [2.45, 2.75) is 19.9 Å². The van der Waals surface area contributed by atoms with Gasteiger partial charge in [-0.25, -0.2) is 4.98 Å². The van der Waals surface area contributed by atoms with Crippen LogP contribution in [-0.2, 0) is 17.8 Å². The maximum absolute atomic E-state index is 12.0. The second-order valence-electron chi connectivity index (χ2n) is 5.07. The molecule has 0 saturated carbocycles. The SMILES string of the molecule is Cc1csc(NC(=O)CN2CCc3ccccc3C2)n1. The number of nitrogens with one attached hydrogen (secondary N) is 1. The maximum Gasteiger partial charge on any atom is 0.240 e. The van der Waals surface area contributed by atoms with Gasteiger partial charge in [-0.2, -0.15) is 0 Å². The van der Waals surface area contributed by atoms with E-state index in [1.807, 2.05) is 12.3 Å². The molecule has 1 N–H and O–H groups in total. The first-order chi connectivity index (χ1) is 9.70. The highest BCUT2D eigenvalue weighted by Crippen LogP contribution is 2.19. The molecule has 0 unspecified atom stereocenters. The molecule has 1 aromatic carbocycles. The van der Waals surface area contributed by atoms with Gasteiger partial charge in [0.2, 0.25) is 5.91 Å². The molecule has 3 rings (SSSR count). The molecule has 0 atom stereocenters. The van der Waals surface area contributed by atoms with Crippen molar-refractivity contribution in [2.24, 2.45) is 0 Å². The highest BCUT2D eigenvalue weighted by atomic mass is 32.1. The van der Waals surface area contributed by atoms with E-state index in [4.69, 9.17) is 0 Å².